The summed E-state index contributed by atoms with van der Waals surface area (Å²) in [5.41, 5.74) is 5.98. The number of carbonyl (C=O) groups is 1. The lowest BCUT2D eigenvalue weighted by Gasteiger charge is -2.40. The van der Waals surface area contributed by atoms with Gasteiger partial charge in [-0.25, -0.2) is 9.78 Å². The van der Waals surface area contributed by atoms with Gasteiger partial charge in [0.1, 0.15) is 17.3 Å². The van der Waals surface area contributed by atoms with Crippen molar-refractivity contribution in [3.8, 4) is 11.5 Å². The lowest BCUT2D eigenvalue weighted by molar-refractivity contribution is 0.0732. The van der Waals surface area contributed by atoms with Crippen molar-refractivity contribution in [1.82, 2.24) is 24.6 Å². The Labute approximate surface area is 297 Å². The average Bonchev–Trinajstić information content (AvgIpc) is 3.16. The van der Waals surface area contributed by atoms with Crippen molar-refractivity contribution in [1.29, 1.82) is 0 Å². The smallest absolute Gasteiger partial charge is 0.345 e. The Morgan fingerprint density at radius 2 is 1.32 bits per heavy atom. The second kappa shape index (κ2) is 16.2. The first-order valence-corrected chi connectivity index (χ1v) is 18.7. The third-order valence-electron chi connectivity index (χ3n) is 11.3. The first-order valence-electron chi connectivity index (χ1n) is 18.7. The minimum atomic E-state index is -0.363. The Kier molecular flexibility index (Phi) is 11.3. The van der Waals surface area contributed by atoms with Crippen molar-refractivity contribution in [3.05, 3.63) is 82.5 Å². The summed E-state index contributed by atoms with van der Waals surface area (Å²) < 4.78 is 11.2. The molecular formula is C40H54N6O4. The van der Waals surface area contributed by atoms with Gasteiger partial charge in [-0.05, 0) is 111 Å². The van der Waals surface area contributed by atoms with Crippen LogP contribution in [0.5, 0.6) is 11.5 Å². The van der Waals surface area contributed by atoms with Crippen LogP contribution in [0.15, 0.2) is 54.7 Å². The van der Waals surface area contributed by atoms with Crippen molar-refractivity contribution in [3.63, 3.8) is 0 Å². The number of pyridine rings is 1. The number of carbonyl (C=O) groups excluding carboxylic acids is 1. The van der Waals surface area contributed by atoms with Crippen LogP contribution in [0.1, 0.15) is 70.4 Å². The maximum Gasteiger partial charge on any atom is 0.345 e. The Balaban J connectivity index is 0.000000184. The van der Waals surface area contributed by atoms with Crippen LogP contribution < -0.4 is 9.64 Å². The highest BCUT2D eigenvalue weighted by molar-refractivity contribution is 5.91. The number of anilines is 1. The van der Waals surface area contributed by atoms with Gasteiger partial charge in [-0.3, -0.25) is 9.80 Å². The van der Waals surface area contributed by atoms with E-state index >= 15 is 0 Å². The molecule has 8 rings (SSSR count). The van der Waals surface area contributed by atoms with Crippen molar-refractivity contribution in [2.24, 2.45) is 0 Å². The molecule has 0 saturated carbocycles. The zero-order chi connectivity index (χ0) is 34.5. The molecule has 3 aromatic rings. The molecule has 1 N–H and O–H groups in total. The fraction of sp³-hybridized carbons (Fsp3) is 0.550. The molecule has 2 aromatic carbocycles. The van der Waals surface area contributed by atoms with E-state index in [1.54, 1.807) is 12.3 Å². The molecule has 2 unspecified atom stereocenters. The number of ether oxygens (including phenoxy) is 2. The molecule has 0 bridgehead atoms. The fourth-order valence-corrected chi connectivity index (χ4v) is 8.26. The molecule has 10 nitrogen and oxygen atoms in total. The summed E-state index contributed by atoms with van der Waals surface area (Å²) in [4.78, 5) is 29.4. The normalized spacial score (nSPS) is 23.7. The number of esters is 1. The summed E-state index contributed by atoms with van der Waals surface area (Å²) in [5.74, 6) is 1.54. The summed E-state index contributed by atoms with van der Waals surface area (Å²) in [7, 11) is 4.38. The number of aromatic hydroxyl groups is 1. The van der Waals surface area contributed by atoms with Gasteiger partial charge in [0.2, 0.25) is 0 Å². The lowest BCUT2D eigenvalue weighted by atomic mass is 9.86. The first-order chi connectivity index (χ1) is 24.4. The van der Waals surface area contributed by atoms with E-state index in [0.717, 1.165) is 77.7 Å². The molecule has 1 aromatic heterocycles. The molecule has 10 heteroatoms. The predicted molar refractivity (Wildman–Crippen MR) is 196 cm³/mol. The van der Waals surface area contributed by atoms with Crippen LogP contribution in [-0.2, 0) is 17.6 Å². The van der Waals surface area contributed by atoms with Gasteiger partial charge in [-0.2, -0.15) is 0 Å². The van der Waals surface area contributed by atoms with E-state index in [2.05, 4.69) is 61.8 Å². The molecule has 268 valence electrons. The monoisotopic (exact) mass is 682 g/mol. The molecule has 2 atom stereocenters. The highest BCUT2D eigenvalue weighted by Gasteiger charge is 2.30. The van der Waals surface area contributed by atoms with Crippen LogP contribution in [-0.4, -0.2) is 128 Å². The molecule has 5 aliphatic rings. The number of hydrogen-bond donors (Lipinski definition) is 1. The van der Waals surface area contributed by atoms with E-state index in [1.807, 2.05) is 24.3 Å². The molecule has 3 fully saturated rings. The number of hydrogen-bond acceptors (Lipinski definition) is 10. The maximum absolute atomic E-state index is 12.8. The minimum Gasteiger partial charge on any atom is -0.508 e. The number of likely N-dealkylation sites (N-methyl/N-ethyl adjacent to an activating group) is 2. The minimum absolute atomic E-state index is 0.363. The zero-order valence-corrected chi connectivity index (χ0v) is 29.9. The molecule has 0 spiro atoms. The summed E-state index contributed by atoms with van der Waals surface area (Å²) in [6.45, 7) is 12.1. The van der Waals surface area contributed by atoms with Crippen molar-refractivity contribution in [2.75, 3.05) is 97.7 Å². The van der Waals surface area contributed by atoms with E-state index in [9.17, 15) is 9.90 Å². The highest BCUT2D eigenvalue weighted by atomic mass is 16.5. The number of phenolic OH excluding ortho intramolecular Hbond substituents is 1. The molecule has 3 saturated heterocycles. The van der Waals surface area contributed by atoms with Gasteiger partial charge >= 0.3 is 5.97 Å². The van der Waals surface area contributed by atoms with Crippen LogP contribution in [0.2, 0.25) is 0 Å². The number of phenols is 1. The number of benzene rings is 2. The van der Waals surface area contributed by atoms with Crippen molar-refractivity contribution >= 4 is 11.8 Å². The van der Waals surface area contributed by atoms with E-state index in [4.69, 9.17) is 9.47 Å². The number of piperazine rings is 2. The van der Waals surface area contributed by atoms with Crippen LogP contribution >= 0.6 is 0 Å². The summed E-state index contributed by atoms with van der Waals surface area (Å²) >= 11 is 0. The van der Waals surface area contributed by atoms with Gasteiger partial charge in [0.05, 0.1) is 18.8 Å². The highest BCUT2D eigenvalue weighted by Crippen LogP contribution is 2.38. The molecular weight excluding hydrogens is 628 g/mol. The van der Waals surface area contributed by atoms with Gasteiger partial charge in [0.15, 0.2) is 0 Å². The second-order valence-corrected chi connectivity index (χ2v) is 14.6. The van der Waals surface area contributed by atoms with Crippen LogP contribution in [0.3, 0.4) is 0 Å². The molecule has 0 amide bonds. The number of aromatic nitrogens is 1. The van der Waals surface area contributed by atoms with Crippen molar-refractivity contribution < 1.29 is 19.4 Å². The van der Waals surface area contributed by atoms with Crippen LogP contribution in [0.4, 0.5) is 5.82 Å². The van der Waals surface area contributed by atoms with E-state index in [0.29, 0.717) is 42.4 Å². The molecule has 2 aliphatic carbocycles. The molecule has 0 radical (unpaired) electrons. The van der Waals surface area contributed by atoms with Crippen molar-refractivity contribution in [2.45, 2.75) is 50.6 Å². The Hall–Kier alpha value is -3.54. The van der Waals surface area contributed by atoms with Gasteiger partial charge < -0.3 is 29.3 Å². The Morgan fingerprint density at radius 1 is 0.740 bits per heavy atom. The quantitative estimate of drug-likeness (QED) is 0.300. The van der Waals surface area contributed by atoms with E-state index < -0.39 is 0 Å². The standard InChI is InChI=1S/C25H32N4O3.C15H22N2O/c1-27-9-11-28(12-10-27)23-4-2-3-19-5-7-21(17-22(19)23)32-25(30)20-6-8-24(26-18-20)29-13-15-31-16-14-29;1-16-7-9-17(10-8-16)15-4-2-3-12-5-6-13(18)11-14(12)15/h5-8,17-18,23H,2-4,9-16H2,1H3;5-6,11,15,18H,2-4,7-10H2,1H3. The summed E-state index contributed by atoms with van der Waals surface area (Å²) in [5, 5.41) is 9.72. The number of rotatable bonds is 5. The summed E-state index contributed by atoms with van der Waals surface area (Å²) in [6.07, 6.45) is 8.76. The molecule has 4 heterocycles. The molecule has 3 aliphatic heterocycles. The Bertz CT molecular complexity index is 1580. The second-order valence-electron chi connectivity index (χ2n) is 14.6. The largest absolute Gasteiger partial charge is 0.508 e. The number of nitrogens with zero attached hydrogens (tertiary/aromatic N) is 6. The topological polar surface area (TPSA) is 84.9 Å². The molecule has 50 heavy (non-hydrogen) atoms. The predicted octanol–water partition coefficient (Wildman–Crippen LogP) is 4.78. The third kappa shape index (κ3) is 8.32. The van der Waals surface area contributed by atoms with Gasteiger partial charge in [0, 0.05) is 83.7 Å². The summed E-state index contributed by atoms with van der Waals surface area (Å²) in [6, 6.07) is 16.7. The fourth-order valence-electron chi connectivity index (χ4n) is 8.26. The third-order valence-corrected chi connectivity index (χ3v) is 11.3. The van der Waals surface area contributed by atoms with Crippen LogP contribution in [0, 0.1) is 0 Å². The van der Waals surface area contributed by atoms with Gasteiger partial charge in [-0.1, -0.05) is 12.1 Å². The average molecular weight is 683 g/mol. The van der Waals surface area contributed by atoms with E-state index in [-0.39, 0.29) is 5.97 Å². The van der Waals surface area contributed by atoms with E-state index in [1.165, 1.54) is 54.4 Å². The van der Waals surface area contributed by atoms with Gasteiger partial charge in [0.25, 0.3) is 0 Å². The first kappa shape index (κ1) is 34.9. The number of morpholine rings is 1. The number of fused-ring (bicyclic) bond motifs is 2. The SMILES string of the molecule is CN1CCN(C2CCCc3ccc(O)cc32)CC1.CN1CCN(C2CCCc3ccc(OC(=O)c4ccc(N5CCOCC5)nc4)cc32)CC1. The van der Waals surface area contributed by atoms with Crippen LogP contribution in [0.25, 0.3) is 0 Å². The Morgan fingerprint density at radius 3 is 1.90 bits per heavy atom. The number of aryl methyl sites for hydroxylation is 2. The lowest BCUT2D eigenvalue weighted by Crippen LogP contribution is -2.46. The maximum atomic E-state index is 12.8. The zero-order valence-electron chi connectivity index (χ0n) is 29.9. The van der Waals surface area contributed by atoms with Gasteiger partial charge in [-0.15, -0.1) is 0 Å².